The molecule has 1 atom stereocenters. The second-order valence-electron chi connectivity index (χ2n) is 5.23. The number of rotatable bonds is 5. The Hall–Kier alpha value is -2.04. The summed E-state index contributed by atoms with van der Waals surface area (Å²) in [4.78, 5) is 23.2. The minimum atomic E-state index is -1.04. The number of amides is 1. The number of hydrogen-bond acceptors (Lipinski definition) is 2. The van der Waals surface area contributed by atoms with Crippen molar-refractivity contribution in [2.45, 2.75) is 13.3 Å². The monoisotopic (exact) mass is 351 g/mol. The molecule has 0 spiro atoms. The molecule has 0 aromatic heterocycles. The summed E-state index contributed by atoms with van der Waals surface area (Å²) in [5.41, 5.74) is 1.48. The minimum Gasteiger partial charge on any atom is -0.478 e. The van der Waals surface area contributed by atoms with E-state index in [1.807, 2.05) is 6.07 Å². The number of nitrogens with one attached hydrogen (secondary N) is 1. The number of aromatic carboxylic acids is 1. The highest BCUT2D eigenvalue weighted by Crippen LogP contribution is 2.24. The van der Waals surface area contributed by atoms with Gasteiger partial charge >= 0.3 is 5.97 Å². The highest BCUT2D eigenvalue weighted by Gasteiger charge is 2.15. The standard InChI is InChI=1S/C17H15Cl2NO3/c1-10(7-11-5-6-14(18)15(19)8-11)16(21)20-13-4-2-3-12(9-13)17(22)23/h2-6,8-10H,7H2,1H3,(H,20,21)(H,22,23). The number of carbonyl (C=O) groups is 2. The van der Waals surface area contributed by atoms with E-state index in [1.165, 1.54) is 12.1 Å². The van der Waals surface area contributed by atoms with Crippen molar-refractivity contribution in [2.75, 3.05) is 5.32 Å². The van der Waals surface area contributed by atoms with E-state index in [0.717, 1.165) is 5.56 Å². The van der Waals surface area contributed by atoms with Gasteiger partial charge in [0.1, 0.15) is 0 Å². The van der Waals surface area contributed by atoms with E-state index in [4.69, 9.17) is 28.3 Å². The maximum atomic E-state index is 12.2. The number of carboxylic acid groups (broad SMARTS) is 1. The Morgan fingerprint density at radius 2 is 1.87 bits per heavy atom. The molecule has 0 aliphatic rings. The number of carbonyl (C=O) groups excluding carboxylic acids is 1. The Bertz CT molecular complexity index is 746. The fourth-order valence-corrected chi connectivity index (χ4v) is 2.43. The van der Waals surface area contributed by atoms with E-state index < -0.39 is 5.97 Å². The Kier molecular flexibility index (Phi) is 5.64. The van der Waals surface area contributed by atoms with Crippen molar-refractivity contribution in [2.24, 2.45) is 5.92 Å². The summed E-state index contributed by atoms with van der Waals surface area (Å²) in [6.45, 7) is 1.79. The molecule has 23 heavy (non-hydrogen) atoms. The lowest BCUT2D eigenvalue weighted by Gasteiger charge is -2.13. The van der Waals surface area contributed by atoms with Crippen LogP contribution < -0.4 is 5.32 Å². The van der Waals surface area contributed by atoms with Crippen LogP contribution in [-0.4, -0.2) is 17.0 Å². The third kappa shape index (κ3) is 4.71. The molecule has 0 fully saturated rings. The van der Waals surface area contributed by atoms with Crippen molar-refractivity contribution in [1.82, 2.24) is 0 Å². The second-order valence-corrected chi connectivity index (χ2v) is 6.04. The number of hydrogen-bond donors (Lipinski definition) is 2. The van der Waals surface area contributed by atoms with Crippen molar-refractivity contribution in [3.8, 4) is 0 Å². The summed E-state index contributed by atoms with van der Waals surface area (Å²) in [5, 5.41) is 12.6. The molecular formula is C17H15Cl2NO3. The molecule has 2 aromatic rings. The number of anilines is 1. The van der Waals surface area contributed by atoms with Gasteiger partial charge in [0.05, 0.1) is 15.6 Å². The summed E-state index contributed by atoms with van der Waals surface area (Å²) in [7, 11) is 0. The van der Waals surface area contributed by atoms with Crippen LogP contribution in [0.3, 0.4) is 0 Å². The molecule has 2 rings (SSSR count). The van der Waals surface area contributed by atoms with Gasteiger partial charge in [-0.3, -0.25) is 4.79 Å². The maximum Gasteiger partial charge on any atom is 0.335 e. The first kappa shape index (κ1) is 17.3. The van der Waals surface area contributed by atoms with Crippen molar-refractivity contribution >= 4 is 40.8 Å². The Balaban J connectivity index is 2.03. The third-order valence-electron chi connectivity index (χ3n) is 3.35. The van der Waals surface area contributed by atoms with Crippen molar-refractivity contribution in [3.05, 3.63) is 63.6 Å². The average molecular weight is 352 g/mol. The van der Waals surface area contributed by atoms with Crippen LogP contribution >= 0.6 is 23.2 Å². The van der Waals surface area contributed by atoms with Gasteiger partial charge in [-0.15, -0.1) is 0 Å². The fraction of sp³-hybridized carbons (Fsp3) is 0.176. The van der Waals surface area contributed by atoms with Crippen molar-refractivity contribution in [3.63, 3.8) is 0 Å². The van der Waals surface area contributed by atoms with E-state index in [0.29, 0.717) is 22.2 Å². The topological polar surface area (TPSA) is 66.4 Å². The van der Waals surface area contributed by atoms with E-state index >= 15 is 0 Å². The maximum absolute atomic E-state index is 12.2. The molecule has 6 heteroatoms. The Labute approximate surface area is 144 Å². The first-order valence-corrected chi connectivity index (χ1v) is 7.70. The van der Waals surface area contributed by atoms with Gasteiger partial charge in [0.25, 0.3) is 0 Å². The zero-order valence-electron chi connectivity index (χ0n) is 12.3. The zero-order valence-corrected chi connectivity index (χ0v) is 13.9. The van der Waals surface area contributed by atoms with E-state index in [-0.39, 0.29) is 17.4 Å². The first-order valence-electron chi connectivity index (χ1n) is 6.95. The molecule has 1 amide bonds. The van der Waals surface area contributed by atoms with Crippen LogP contribution in [0.5, 0.6) is 0 Å². The molecule has 0 heterocycles. The van der Waals surface area contributed by atoms with Gasteiger partial charge in [-0.25, -0.2) is 4.79 Å². The summed E-state index contributed by atoms with van der Waals surface area (Å²) in [6.07, 6.45) is 0.501. The van der Waals surface area contributed by atoms with Gasteiger partial charge in [-0.2, -0.15) is 0 Å². The SMILES string of the molecule is CC(Cc1ccc(Cl)c(Cl)c1)C(=O)Nc1cccc(C(=O)O)c1. The lowest BCUT2D eigenvalue weighted by molar-refractivity contribution is -0.119. The molecule has 0 aliphatic carbocycles. The predicted molar refractivity (Wildman–Crippen MR) is 91.4 cm³/mol. The van der Waals surface area contributed by atoms with E-state index in [1.54, 1.807) is 31.2 Å². The highest BCUT2D eigenvalue weighted by molar-refractivity contribution is 6.42. The number of benzene rings is 2. The van der Waals surface area contributed by atoms with Crippen LogP contribution in [-0.2, 0) is 11.2 Å². The lowest BCUT2D eigenvalue weighted by Crippen LogP contribution is -2.22. The zero-order chi connectivity index (χ0) is 17.0. The van der Waals surface area contributed by atoms with Crippen LogP contribution in [0, 0.1) is 5.92 Å². The average Bonchev–Trinajstić information content (AvgIpc) is 2.51. The van der Waals surface area contributed by atoms with Gasteiger partial charge < -0.3 is 10.4 Å². The van der Waals surface area contributed by atoms with Crippen LogP contribution in [0.15, 0.2) is 42.5 Å². The largest absolute Gasteiger partial charge is 0.478 e. The molecule has 1 unspecified atom stereocenters. The predicted octanol–water partition coefficient (Wildman–Crippen LogP) is 4.51. The molecule has 0 saturated carbocycles. The van der Waals surface area contributed by atoms with Gasteiger partial charge in [0.2, 0.25) is 5.91 Å². The quantitative estimate of drug-likeness (QED) is 0.832. The molecule has 2 aromatic carbocycles. The van der Waals surface area contributed by atoms with Crippen LogP contribution in [0.2, 0.25) is 10.0 Å². The van der Waals surface area contributed by atoms with Gasteiger partial charge in [-0.05, 0) is 42.3 Å². The fourth-order valence-electron chi connectivity index (χ4n) is 2.11. The van der Waals surface area contributed by atoms with Crippen LogP contribution in [0.25, 0.3) is 0 Å². The molecule has 120 valence electrons. The van der Waals surface area contributed by atoms with Crippen LogP contribution in [0.4, 0.5) is 5.69 Å². The minimum absolute atomic E-state index is 0.125. The number of halogens is 2. The molecule has 0 aliphatic heterocycles. The van der Waals surface area contributed by atoms with Gasteiger partial charge in [0.15, 0.2) is 0 Å². The summed E-state index contributed by atoms with van der Waals surface area (Å²) in [5.74, 6) is -1.54. The Morgan fingerprint density at radius 3 is 2.52 bits per heavy atom. The molecule has 2 N–H and O–H groups in total. The summed E-state index contributed by atoms with van der Waals surface area (Å²) < 4.78 is 0. The van der Waals surface area contributed by atoms with Crippen molar-refractivity contribution < 1.29 is 14.7 Å². The van der Waals surface area contributed by atoms with E-state index in [9.17, 15) is 9.59 Å². The molecule has 0 bridgehead atoms. The highest BCUT2D eigenvalue weighted by atomic mass is 35.5. The first-order chi connectivity index (χ1) is 10.9. The molecular weight excluding hydrogens is 337 g/mol. The second kappa shape index (κ2) is 7.49. The smallest absolute Gasteiger partial charge is 0.335 e. The van der Waals surface area contributed by atoms with Gasteiger partial charge in [0, 0.05) is 11.6 Å². The van der Waals surface area contributed by atoms with Gasteiger partial charge in [-0.1, -0.05) is 42.3 Å². The summed E-state index contributed by atoms with van der Waals surface area (Å²) in [6, 6.07) is 11.4. The summed E-state index contributed by atoms with van der Waals surface area (Å²) >= 11 is 11.8. The Morgan fingerprint density at radius 1 is 1.13 bits per heavy atom. The normalized spacial score (nSPS) is 11.8. The lowest BCUT2D eigenvalue weighted by atomic mass is 10.0. The number of carboxylic acids is 1. The molecule has 0 saturated heterocycles. The van der Waals surface area contributed by atoms with Crippen molar-refractivity contribution in [1.29, 1.82) is 0 Å². The molecule has 4 nitrogen and oxygen atoms in total. The third-order valence-corrected chi connectivity index (χ3v) is 4.09. The van der Waals surface area contributed by atoms with Crippen LogP contribution in [0.1, 0.15) is 22.8 Å². The van der Waals surface area contributed by atoms with E-state index in [2.05, 4.69) is 5.32 Å². The molecule has 0 radical (unpaired) electrons.